The Hall–Kier alpha value is -2.57. The second kappa shape index (κ2) is 7.35. The molecule has 1 fully saturated rings. The summed E-state index contributed by atoms with van der Waals surface area (Å²) in [5, 5.41) is 11.7. The molecule has 140 valence electrons. The zero-order chi connectivity index (χ0) is 18.7. The van der Waals surface area contributed by atoms with Crippen molar-refractivity contribution in [2.75, 3.05) is 26.2 Å². The molecule has 26 heavy (non-hydrogen) atoms. The molecule has 1 aliphatic heterocycles. The van der Waals surface area contributed by atoms with Gasteiger partial charge in [-0.1, -0.05) is 5.16 Å². The fourth-order valence-electron chi connectivity index (χ4n) is 2.51. The van der Waals surface area contributed by atoms with Crippen molar-refractivity contribution in [1.29, 1.82) is 0 Å². The Morgan fingerprint density at radius 1 is 1.27 bits per heavy atom. The molecular weight excluding hydrogens is 362 g/mol. The van der Waals surface area contributed by atoms with Crippen LogP contribution >= 0.6 is 0 Å². The van der Waals surface area contributed by atoms with E-state index in [4.69, 9.17) is 9.66 Å². The number of pyridine rings is 1. The number of rotatable bonds is 4. The number of amides is 2. The van der Waals surface area contributed by atoms with Crippen molar-refractivity contribution in [2.45, 2.75) is 13.0 Å². The number of carbonyl (C=O) groups excluding carboxylic acids is 1. The lowest BCUT2D eigenvalue weighted by Gasteiger charge is -2.33. The van der Waals surface area contributed by atoms with Gasteiger partial charge in [-0.3, -0.25) is 4.98 Å². The molecular formula is C14H19N7O4S. The van der Waals surface area contributed by atoms with Crippen LogP contribution in [0.25, 0.3) is 11.4 Å². The summed E-state index contributed by atoms with van der Waals surface area (Å²) in [6, 6.07) is 2.67. The van der Waals surface area contributed by atoms with E-state index in [1.807, 2.05) is 0 Å². The Morgan fingerprint density at radius 3 is 2.54 bits per heavy atom. The highest BCUT2D eigenvalue weighted by Crippen LogP contribution is 2.18. The van der Waals surface area contributed by atoms with Crippen molar-refractivity contribution in [2.24, 2.45) is 5.14 Å². The molecule has 1 atom stereocenters. The molecule has 0 saturated carbocycles. The normalized spacial score (nSPS) is 17.1. The first-order valence-corrected chi connectivity index (χ1v) is 9.42. The maximum atomic E-state index is 12.3. The molecule has 2 aromatic heterocycles. The van der Waals surface area contributed by atoms with E-state index in [2.05, 4.69) is 20.4 Å². The van der Waals surface area contributed by atoms with Crippen molar-refractivity contribution in [3.8, 4) is 11.4 Å². The van der Waals surface area contributed by atoms with E-state index in [1.165, 1.54) is 4.90 Å². The SMILES string of the molecule is C[C@H](NC(=O)N1CCN(S(N)(=O)=O)CC1)c1nc(-c2ccncc2)no1. The van der Waals surface area contributed by atoms with E-state index >= 15 is 0 Å². The van der Waals surface area contributed by atoms with Crippen LogP contribution in [0.15, 0.2) is 29.0 Å². The molecule has 0 bridgehead atoms. The third-order valence-electron chi connectivity index (χ3n) is 3.98. The predicted molar refractivity (Wildman–Crippen MR) is 90.7 cm³/mol. The van der Waals surface area contributed by atoms with Gasteiger partial charge in [0.1, 0.15) is 6.04 Å². The summed E-state index contributed by atoms with van der Waals surface area (Å²) in [6.45, 7) is 2.55. The number of aromatic nitrogens is 3. The van der Waals surface area contributed by atoms with Gasteiger partial charge in [0, 0.05) is 44.1 Å². The predicted octanol–water partition coefficient (Wildman–Crippen LogP) is -0.277. The van der Waals surface area contributed by atoms with Crippen molar-refractivity contribution < 1.29 is 17.7 Å². The van der Waals surface area contributed by atoms with Crippen LogP contribution in [0, 0.1) is 0 Å². The average Bonchev–Trinajstić information content (AvgIpc) is 3.12. The first kappa shape index (κ1) is 18.2. The van der Waals surface area contributed by atoms with Crippen molar-refractivity contribution in [3.05, 3.63) is 30.4 Å². The van der Waals surface area contributed by atoms with Gasteiger partial charge >= 0.3 is 6.03 Å². The summed E-state index contributed by atoms with van der Waals surface area (Å²) in [4.78, 5) is 22.1. The van der Waals surface area contributed by atoms with Crippen LogP contribution in [0.4, 0.5) is 4.79 Å². The number of nitrogens with zero attached hydrogens (tertiary/aromatic N) is 5. The van der Waals surface area contributed by atoms with Crippen LogP contribution in [0.2, 0.25) is 0 Å². The minimum atomic E-state index is -3.73. The van der Waals surface area contributed by atoms with Crippen LogP contribution in [0.5, 0.6) is 0 Å². The lowest BCUT2D eigenvalue weighted by Crippen LogP contribution is -2.54. The van der Waals surface area contributed by atoms with Crippen LogP contribution in [-0.4, -0.2) is 65.0 Å². The van der Waals surface area contributed by atoms with Gasteiger partial charge in [0.25, 0.3) is 10.2 Å². The van der Waals surface area contributed by atoms with Gasteiger partial charge in [0.15, 0.2) is 0 Å². The molecule has 3 rings (SSSR count). The fraction of sp³-hybridized carbons (Fsp3) is 0.429. The quantitative estimate of drug-likeness (QED) is 0.740. The number of nitrogens with one attached hydrogen (secondary N) is 1. The first-order valence-electron chi connectivity index (χ1n) is 7.92. The van der Waals surface area contributed by atoms with Gasteiger partial charge in [-0.2, -0.15) is 17.7 Å². The minimum absolute atomic E-state index is 0.160. The van der Waals surface area contributed by atoms with Gasteiger partial charge in [0.05, 0.1) is 0 Å². The van der Waals surface area contributed by atoms with Crippen LogP contribution in [0.1, 0.15) is 18.9 Å². The molecule has 0 aliphatic carbocycles. The monoisotopic (exact) mass is 381 g/mol. The molecule has 0 unspecified atom stereocenters. The maximum absolute atomic E-state index is 12.3. The third kappa shape index (κ3) is 4.15. The molecule has 1 aliphatic rings. The zero-order valence-electron chi connectivity index (χ0n) is 14.1. The summed E-state index contributed by atoms with van der Waals surface area (Å²) < 4.78 is 28.9. The summed E-state index contributed by atoms with van der Waals surface area (Å²) in [5.41, 5.74) is 0.757. The van der Waals surface area contributed by atoms with Gasteiger partial charge in [0.2, 0.25) is 11.7 Å². The number of hydrogen-bond acceptors (Lipinski definition) is 7. The summed E-state index contributed by atoms with van der Waals surface area (Å²) in [7, 11) is -3.73. The van der Waals surface area contributed by atoms with Gasteiger partial charge in [-0.05, 0) is 19.1 Å². The fourth-order valence-corrected chi connectivity index (χ4v) is 3.19. The largest absolute Gasteiger partial charge is 0.337 e. The molecule has 0 spiro atoms. The molecule has 2 amide bonds. The molecule has 0 radical (unpaired) electrons. The summed E-state index contributed by atoms with van der Waals surface area (Å²) >= 11 is 0. The highest BCUT2D eigenvalue weighted by Gasteiger charge is 2.28. The van der Waals surface area contributed by atoms with Crippen molar-refractivity contribution in [1.82, 2.24) is 29.6 Å². The Labute approximate surface area is 150 Å². The molecule has 11 nitrogen and oxygen atoms in total. The topological polar surface area (TPSA) is 148 Å². The van der Waals surface area contributed by atoms with E-state index in [0.717, 1.165) is 9.87 Å². The van der Waals surface area contributed by atoms with E-state index in [-0.39, 0.29) is 38.1 Å². The van der Waals surface area contributed by atoms with E-state index < -0.39 is 16.3 Å². The Balaban J connectivity index is 1.58. The lowest BCUT2D eigenvalue weighted by molar-refractivity contribution is 0.167. The van der Waals surface area contributed by atoms with Gasteiger partial charge in [-0.15, -0.1) is 0 Å². The smallest absolute Gasteiger partial charge is 0.318 e. The molecule has 3 N–H and O–H groups in total. The summed E-state index contributed by atoms with van der Waals surface area (Å²) in [6.07, 6.45) is 3.25. The van der Waals surface area contributed by atoms with Gasteiger partial charge in [-0.25, -0.2) is 9.93 Å². The van der Waals surface area contributed by atoms with Crippen molar-refractivity contribution in [3.63, 3.8) is 0 Å². The Kier molecular flexibility index (Phi) is 5.15. The second-order valence-electron chi connectivity index (χ2n) is 5.79. The summed E-state index contributed by atoms with van der Waals surface area (Å²) in [5.74, 6) is 0.679. The molecule has 1 saturated heterocycles. The van der Waals surface area contributed by atoms with Crippen LogP contribution in [0.3, 0.4) is 0 Å². The molecule has 3 heterocycles. The van der Waals surface area contributed by atoms with E-state index in [9.17, 15) is 13.2 Å². The number of nitrogens with two attached hydrogens (primary N) is 1. The van der Waals surface area contributed by atoms with Crippen LogP contribution in [-0.2, 0) is 10.2 Å². The lowest BCUT2D eigenvalue weighted by atomic mass is 10.2. The third-order valence-corrected chi connectivity index (χ3v) is 5.06. The molecule has 12 heteroatoms. The Morgan fingerprint density at radius 2 is 1.92 bits per heavy atom. The highest BCUT2D eigenvalue weighted by atomic mass is 32.2. The standard InChI is InChI=1S/C14H19N7O4S/c1-10(13-18-12(19-25-13)11-2-4-16-5-3-11)17-14(22)20-6-8-21(9-7-20)26(15,23)24/h2-5,10H,6-9H2,1H3,(H,17,22)(H2,15,23,24)/t10-/m0/s1. The molecule has 0 aromatic carbocycles. The number of carbonyl (C=O) groups is 1. The highest BCUT2D eigenvalue weighted by molar-refractivity contribution is 7.86. The van der Waals surface area contributed by atoms with Gasteiger partial charge < -0.3 is 14.7 Å². The second-order valence-corrected chi connectivity index (χ2v) is 7.34. The van der Waals surface area contributed by atoms with Crippen molar-refractivity contribution >= 4 is 16.2 Å². The molecule has 2 aromatic rings. The number of urea groups is 1. The first-order chi connectivity index (χ1) is 12.3. The number of piperazine rings is 1. The van der Waals surface area contributed by atoms with E-state index in [0.29, 0.717) is 5.82 Å². The minimum Gasteiger partial charge on any atom is -0.337 e. The Bertz CT molecular complexity index is 862. The maximum Gasteiger partial charge on any atom is 0.318 e. The number of hydrogen-bond donors (Lipinski definition) is 2. The average molecular weight is 381 g/mol. The zero-order valence-corrected chi connectivity index (χ0v) is 14.9. The van der Waals surface area contributed by atoms with Crippen LogP contribution < -0.4 is 10.5 Å². The van der Waals surface area contributed by atoms with E-state index in [1.54, 1.807) is 31.5 Å².